The van der Waals surface area contributed by atoms with E-state index in [0.29, 0.717) is 6.42 Å². The summed E-state index contributed by atoms with van der Waals surface area (Å²) in [5.41, 5.74) is -0.250. The second kappa shape index (κ2) is 5.32. The van der Waals surface area contributed by atoms with E-state index in [1.807, 2.05) is 13.8 Å². The highest BCUT2D eigenvalue weighted by molar-refractivity contribution is 5.89. The van der Waals surface area contributed by atoms with Crippen molar-refractivity contribution >= 4 is 11.9 Å². The van der Waals surface area contributed by atoms with Crippen LogP contribution in [0.4, 0.5) is 0 Å². The van der Waals surface area contributed by atoms with Crippen LogP contribution < -0.4 is 5.32 Å². The van der Waals surface area contributed by atoms with Gasteiger partial charge in [-0.05, 0) is 25.7 Å². The van der Waals surface area contributed by atoms with Crippen LogP contribution in [-0.2, 0) is 9.59 Å². The molecule has 1 atom stereocenters. The molecule has 1 aliphatic carbocycles. The van der Waals surface area contributed by atoms with Gasteiger partial charge in [-0.1, -0.05) is 26.7 Å². The van der Waals surface area contributed by atoms with Gasteiger partial charge in [0.05, 0.1) is 0 Å². The molecule has 0 aromatic rings. The Morgan fingerprint density at radius 1 is 1.38 bits per heavy atom. The second-order valence-electron chi connectivity index (χ2n) is 4.64. The smallest absolute Gasteiger partial charge is 0.326 e. The molecule has 2 N–H and O–H groups in total. The van der Waals surface area contributed by atoms with E-state index >= 15 is 0 Å². The first-order chi connectivity index (χ1) is 7.55. The summed E-state index contributed by atoms with van der Waals surface area (Å²) in [6.45, 7) is 3.99. The van der Waals surface area contributed by atoms with Crippen LogP contribution in [0.15, 0.2) is 0 Å². The number of carbonyl (C=O) groups is 2. The minimum absolute atomic E-state index is 0.0708. The summed E-state index contributed by atoms with van der Waals surface area (Å²) in [5, 5.41) is 11.7. The lowest BCUT2D eigenvalue weighted by Gasteiger charge is -2.18. The monoisotopic (exact) mass is 227 g/mol. The highest BCUT2D eigenvalue weighted by Crippen LogP contribution is 2.48. The lowest BCUT2D eigenvalue weighted by Crippen LogP contribution is -2.44. The molecule has 1 rings (SSSR count). The molecule has 1 fully saturated rings. The van der Waals surface area contributed by atoms with Crippen LogP contribution in [0.25, 0.3) is 0 Å². The molecule has 1 saturated carbocycles. The predicted molar refractivity (Wildman–Crippen MR) is 61.0 cm³/mol. The molecule has 4 heteroatoms. The predicted octanol–water partition coefficient (Wildman–Crippen LogP) is 1.94. The zero-order chi connectivity index (χ0) is 12.2. The van der Waals surface area contributed by atoms with E-state index in [9.17, 15) is 9.59 Å². The molecule has 0 saturated heterocycles. The molecule has 1 unspecified atom stereocenters. The third-order valence-electron chi connectivity index (χ3n) is 3.46. The van der Waals surface area contributed by atoms with Crippen molar-refractivity contribution in [1.29, 1.82) is 0 Å². The molecule has 0 aromatic heterocycles. The van der Waals surface area contributed by atoms with Gasteiger partial charge in [0, 0.05) is 5.41 Å². The zero-order valence-electron chi connectivity index (χ0n) is 10.1. The van der Waals surface area contributed by atoms with Crippen molar-refractivity contribution in [1.82, 2.24) is 5.32 Å². The molecule has 0 heterocycles. The number of carbonyl (C=O) groups excluding carboxylic acids is 1. The van der Waals surface area contributed by atoms with E-state index in [4.69, 9.17) is 5.11 Å². The number of aliphatic carboxylic acids is 1. The fourth-order valence-electron chi connectivity index (χ4n) is 1.87. The Bertz CT molecular complexity index is 271. The molecule has 1 aliphatic rings. The van der Waals surface area contributed by atoms with Gasteiger partial charge in [0.15, 0.2) is 0 Å². The Labute approximate surface area is 96.4 Å². The van der Waals surface area contributed by atoms with Gasteiger partial charge in [-0.25, -0.2) is 4.79 Å². The number of carboxylic acid groups (broad SMARTS) is 1. The van der Waals surface area contributed by atoms with Crippen molar-refractivity contribution < 1.29 is 14.7 Å². The fourth-order valence-corrected chi connectivity index (χ4v) is 1.87. The van der Waals surface area contributed by atoms with E-state index in [2.05, 4.69) is 5.32 Å². The second-order valence-corrected chi connectivity index (χ2v) is 4.64. The lowest BCUT2D eigenvalue weighted by molar-refractivity contribution is -0.143. The van der Waals surface area contributed by atoms with Gasteiger partial charge >= 0.3 is 5.97 Å². The number of amides is 1. The SMILES string of the molecule is CCCCC(NC(=O)C1(CC)CC1)C(=O)O. The van der Waals surface area contributed by atoms with Gasteiger partial charge in [0.25, 0.3) is 0 Å². The summed E-state index contributed by atoms with van der Waals surface area (Å²) < 4.78 is 0. The van der Waals surface area contributed by atoms with Crippen LogP contribution in [0.5, 0.6) is 0 Å². The minimum Gasteiger partial charge on any atom is -0.480 e. The van der Waals surface area contributed by atoms with Crippen LogP contribution in [0.1, 0.15) is 52.4 Å². The van der Waals surface area contributed by atoms with Gasteiger partial charge < -0.3 is 10.4 Å². The quantitative estimate of drug-likeness (QED) is 0.698. The Hall–Kier alpha value is -1.06. The van der Waals surface area contributed by atoms with Crippen molar-refractivity contribution in [3.8, 4) is 0 Å². The van der Waals surface area contributed by atoms with Gasteiger partial charge in [0.2, 0.25) is 5.91 Å². The van der Waals surface area contributed by atoms with E-state index in [1.165, 1.54) is 0 Å². The molecule has 0 radical (unpaired) electrons. The third kappa shape index (κ3) is 2.97. The number of hydrogen-bond acceptors (Lipinski definition) is 2. The molecule has 16 heavy (non-hydrogen) atoms. The summed E-state index contributed by atoms with van der Waals surface area (Å²) in [6, 6.07) is -0.712. The van der Waals surface area contributed by atoms with Gasteiger partial charge in [0.1, 0.15) is 6.04 Å². The van der Waals surface area contributed by atoms with E-state index < -0.39 is 12.0 Å². The molecular weight excluding hydrogens is 206 g/mol. The largest absolute Gasteiger partial charge is 0.480 e. The van der Waals surface area contributed by atoms with Crippen LogP contribution in [0.3, 0.4) is 0 Å². The Morgan fingerprint density at radius 2 is 2.00 bits per heavy atom. The fraction of sp³-hybridized carbons (Fsp3) is 0.833. The maximum absolute atomic E-state index is 11.9. The summed E-state index contributed by atoms with van der Waals surface area (Å²) in [6.07, 6.45) is 4.90. The zero-order valence-corrected chi connectivity index (χ0v) is 10.1. The normalized spacial score (nSPS) is 18.9. The van der Waals surface area contributed by atoms with E-state index in [-0.39, 0.29) is 11.3 Å². The van der Waals surface area contributed by atoms with Crippen molar-refractivity contribution in [3.63, 3.8) is 0 Å². The third-order valence-corrected chi connectivity index (χ3v) is 3.46. The number of hydrogen-bond donors (Lipinski definition) is 2. The van der Waals surface area contributed by atoms with Crippen molar-refractivity contribution in [3.05, 3.63) is 0 Å². The van der Waals surface area contributed by atoms with Crippen molar-refractivity contribution in [2.75, 3.05) is 0 Å². The van der Waals surface area contributed by atoms with Gasteiger partial charge in [-0.2, -0.15) is 0 Å². The number of unbranched alkanes of at least 4 members (excludes halogenated alkanes) is 1. The molecular formula is C12H21NO3. The van der Waals surface area contributed by atoms with E-state index in [1.54, 1.807) is 0 Å². The van der Waals surface area contributed by atoms with Crippen LogP contribution >= 0.6 is 0 Å². The summed E-state index contributed by atoms with van der Waals surface area (Å²) >= 11 is 0. The average molecular weight is 227 g/mol. The van der Waals surface area contributed by atoms with Gasteiger partial charge in [-0.15, -0.1) is 0 Å². The average Bonchev–Trinajstić information content (AvgIpc) is 3.04. The molecule has 0 bridgehead atoms. The molecule has 4 nitrogen and oxygen atoms in total. The summed E-state index contributed by atoms with van der Waals surface area (Å²) in [7, 11) is 0. The minimum atomic E-state index is -0.922. The lowest BCUT2D eigenvalue weighted by atomic mass is 10.0. The molecule has 0 spiro atoms. The summed E-state index contributed by atoms with van der Waals surface area (Å²) in [5.74, 6) is -0.993. The molecule has 0 aromatic carbocycles. The highest BCUT2D eigenvalue weighted by Gasteiger charge is 2.48. The van der Waals surface area contributed by atoms with Crippen molar-refractivity contribution in [2.24, 2.45) is 5.41 Å². The maximum atomic E-state index is 11.9. The standard InChI is InChI=1S/C12H21NO3/c1-3-5-6-9(10(14)15)13-11(16)12(4-2)7-8-12/h9H,3-8H2,1-2H3,(H,13,16)(H,14,15). The Morgan fingerprint density at radius 3 is 2.38 bits per heavy atom. The highest BCUT2D eigenvalue weighted by atomic mass is 16.4. The number of nitrogens with one attached hydrogen (secondary N) is 1. The summed E-state index contributed by atoms with van der Waals surface area (Å²) in [4.78, 5) is 22.8. The molecule has 0 aliphatic heterocycles. The number of carboxylic acids is 1. The molecule has 1 amide bonds. The first kappa shape index (κ1) is 13.0. The molecule has 92 valence electrons. The first-order valence-electron chi connectivity index (χ1n) is 6.09. The first-order valence-corrected chi connectivity index (χ1v) is 6.09. The van der Waals surface area contributed by atoms with Crippen LogP contribution in [0, 0.1) is 5.41 Å². The maximum Gasteiger partial charge on any atom is 0.326 e. The Balaban J connectivity index is 2.48. The van der Waals surface area contributed by atoms with Crippen molar-refractivity contribution in [2.45, 2.75) is 58.4 Å². The topological polar surface area (TPSA) is 66.4 Å². The van der Waals surface area contributed by atoms with Crippen LogP contribution in [-0.4, -0.2) is 23.0 Å². The van der Waals surface area contributed by atoms with E-state index in [0.717, 1.165) is 32.1 Å². The van der Waals surface area contributed by atoms with Crippen LogP contribution in [0.2, 0.25) is 0 Å². The number of rotatable bonds is 7. The Kier molecular flexibility index (Phi) is 4.33. The van der Waals surface area contributed by atoms with Gasteiger partial charge in [-0.3, -0.25) is 4.79 Å².